The monoisotopic (exact) mass is 203 g/mol. The fraction of sp³-hybridized carbons (Fsp3) is 0.385. The molecule has 1 aliphatic rings. The summed E-state index contributed by atoms with van der Waals surface area (Å²) in [7, 11) is 1.69. The molecule has 0 aromatic heterocycles. The third-order valence-corrected chi connectivity index (χ3v) is 2.89. The van der Waals surface area contributed by atoms with Crippen LogP contribution in [0.4, 0.5) is 0 Å². The second kappa shape index (κ2) is 4.39. The molecule has 1 aliphatic heterocycles. The fourth-order valence-electron chi connectivity index (χ4n) is 1.97. The van der Waals surface area contributed by atoms with Gasteiger partial charge in [-0.2, -0.15) is 0 Å². The summed E-state index contributed by atoms with van der Waals surface area (Å²) in [5.41, 5.74) is 2.28. The number of likely N-dealkylation sites (tertiary alicyclic amines) is 1. The Hall–Kier alpha value is -1.44. The van der Waals surface area contributed by atoms with Gasteiger partial charge in [-0.3, -0.25) is 0 Å². The Bertz CT molecular complexity index is 353. The summed E-state index contributed by atoms with van der Waals surface area (Å²) < 4.78 is 5.21. The minimum absolute atomic E-state index is 0.896. The molecular weight excluding hydrogens is 186 g/mol. The molecule has 2 rings (SSSR count). The molecule has 1 fully saturated rings. The van der Waals surface area contributed by atoms with E-state index in [9.17, 15) is 0 Å². The number of hydrogen-bond acceptors (Lipinski definition) is 2. The molecule has 80 valence electrons. The normalized spacial score (nSPS) is 15.4. The van der Waals surface area contributed by atoms with E-state index >= 15 is 0 Å². The molecule has 0 saturated carbocycles. The minimum Gasteiger partial charge on any atom is -0.497 e. The Labute approximate surface area is 91.2 Å². The van der Waals surface area contributed by atoms with E-state index in [1.807, 2.05) is 18.2 Å². The van der Waals surface area contributed by atoms with Crippen molar-refractivity contribution >= 4 is 5.70 Å². The molecule has 2 heteroatoms. The molecule has 0 atom stereocenters. The lowest BCUT2D eigenvalue weighted by Crippen LogP contribution is -2.16. The molecule has 0 N–H and O–H groups in total. The topological polar surface area (TPSA) is 12.5 Å². The maximum Gasteiger partial charge on any atom is 0.119 e. The van der Waals surface area contributed by atoms with Crippen LogP contribution in [-0.4, -0.2) is 25.1 Å². The summed E-state index contributed by atoms with van der Waals surface area (Å²) in [4.78, 5) is 2.34. The fourth-order valence-corrected chi connectivity index (χ4v) is 1.97. The lowest BCUT2D eigenvalue weighted by Gasteiger charge is -2.20. The Morgan fingerprint density at radius 3 is 2.73 bits per heavy atom. The lowest BCUT2D eigenvalue weighted by atomic mass is 10.1. The molecule has 0 spiro atoms. The van der Waals surface area contributed by atoms with Gasteiger partial charge in [-0.05, 0) is 25.0 Å². The molecule has 0 unspecified atom stereocenters. The number of nitrogens with zero attached hydrogens (tertiary/aromatic N) is 1. The number of benzene rings is 1. The van der Waals surface area contributed by atoms with Gasteiger partial charge < -0.3 is 9.64 Å². The van der Waals surface area contributed by atoms with Gasteiger partial charge in [0.1, 0.15) is 5.75 Å². The summed E-state index contributed by atoms with van der Waals surface area (Å²) >= 11 is 0. The second-order valence-electron chi connectivity index (χ2n) is 3.87. The van der Waals surface area contributed by atoms with E-state index in [0.717, 1.165) is 30.1 Å². The van der Waals surface area contributed by atoms with Gasteiger partial charge in [0.05, 0.1) is 7.11 Å². The molecular formula is C13H17NO. The van der Waals surface area contributed by atoms with Crippen molar-refractivity contribution < 1.29 is 4.74 Å². The summed E-state index contributed by atoms with van der Waals surface area (Å²) in [5.74, 6) is 0.896. The van der Waals surface area contributed by atoms with Gasteiger partial charge >= 0.3 is 0 Å². The van der Waals surface area contributed by atoms with Crippen molar-refractivity contribution in [2.45, 2.75) is 12.8 Å². The first-order valence-electron chi connectivity index (χ1n) is 5.39. The Balaban J connectivity index is 2.17. The maximum atomic E-state index is 5.21. The zero-order valence-electron chi connectivity index (χ0n) is 9.20. The third kappa shape index (κ3) is 2.14. The molecule has 0 radical (unpaired) electrons. The van der Waals surface area contributed by atoms with Crippen LogP contribution in [0.3, 0.4) is 0 Å². The molecule has 1 aromatic rings. The van der Waals surface area contributed by atoms with Crippen LogP contribution in [-0.2, 0) is 0 Å². The van der Waals surface area contributed by atoms with E-state index in [2.05, 4.69) is 17.5 Å². The van der Waals surface area contributed by atoms with Crippen molar-refractivity contribution in [1.29, 1.82) is 0 Å². The van der Waals surface area contributed by atoms with Crippen LogP contribution in [0.15, 0.2) is 30.8 Å². The molecule has 0 amide bonds. The second-order valence-corrected chi connectivity index (χ2v) is 3.87. The van der Waals surface area contributed by atoms with Crippen molar-refractivity contribution in [3.05, 3.63) is 36.4 Å². The predicted octanol–water partition coefficient (Wildman–Crippen LogP) is 2.76. The van der Waals surface area contributed by atoms with Crippen LogP contribution in [0, 0.1) is 0 Å². The lowest BCUT2D eigenvalue weighted by molar-refractivity contribution is 0.414. The van der Waals surface area contributed by atoms with E-state index < -0.39 is 0 Å². The van der Waals surface area contributed by atoms with E-state index in [0.29, 0.717) is 0 Å². The smallest absolute Gasteiger partial charge is 0.119 e. The summed E-state index contributed by atoms with van der Waals surface area (Å²) in [6, 6.07) is 8.10. The highest BCUT2D eigenvalue weighted by atomic mass is 16.5. The zero-order chi connectivity index (χ0) is 10.7. The van der Waals surface area contributed by atoms with Gasteiger partial charge in [0.15, 0.2) is 0 Å². The molecule has 0 bridgehead atoms. The van der Waals surface area contributed by atoms with Gasteiger partial charge in [-0.1, -0.05) is 18.7 Å². The van der Waals surface area contributed by atoms with E-state index in [1.54, 1.807) is 7.11 Å². The quantitative estimate of drug-likeness (QED) is 0.749. The van der Waals surface area contributed by atoms with Crippen LogP contribution < -0.4 is 4.74 Å². The minimum atomic E-state index is 0.896. The van der Waals surface area contributed by atoms with E-state index in [1.165, 1.54) is 12.8 Å². The molecule has 1 saturated heterocycles. The highest BCUT2D eigenvalue weighted by Gasteiger charge is 2.14. The molecule has 15 heavy (non-hydrogen) atoms. The zero-order valence-corrected chi connectivity index (χ0v) is 9.20. The Morgan fingerprint density at radius 2 is 2.07 bits per heavy atom. The molecule has 0 aliphatic carbocycles. The van der Waals surface area contributed by atoms with Crippen LogP contribution in [0.2, 0.25) is 0 Å². The van der Waals surface area contributed by atoms with Crippen LogP contribution in [0.25, 0.3) is 5.70 Å². The van der Waals surface area contributed by atoms with Gasteiger partial charge in [-0.15, -0.1) is 0 Å². The van der Waals surface area contributed by atoms with Crippen LogP contribution in [0.5, 0.6) is 5.75 Å². The van der Waals surface area contributed by atoms with Crippen molar-refractivity contribution in [2.75, 3.05) is 20.2 Å². The highest BCUT2D eigenvalue weighted by Crippen LogP contribution is 2.24. The summed E-state index contributed by atoms with van der Waals surface area (Å²) in [6.45, 7) is 6.42. The summed E-state index contributed by atoms with van der Waals surface area (Å²) in [6.07, 6.45) is 2.56. The Kier molecular flexibility index (Phi) is 2.95. The Morgan fingerprint density at radius 1 is 1.33 bits per heavy atom. The maximum absolute atomic E-state index is 5.21. The van der Waals surface area contributed by atoms with E-state index in [-0.39, 0.29) is 0 Å². The largest absolute Gasteiger partial charge is 0.497 e. The molecule has 1 heterocycles. The number of ether oxygens (including phenoxy) is 1. The number of methoxy groups -OCH3 is 1. The van der Waals surface area contributed by atoms with Gasteiger partial charge in [0.2, 0.25) is 0 Å². The summed E-state index contributed by atoms with van der Waals surface area (Å²) in [5, 5.41) is 0. The van der Waals surface area contributed by atoms with Crippen molar-refractivity contribution in [2.24, 2.45) is 0 Å². The molecule has 2 nitrogen and oxygen atoms in total. The first-order chi connectivity index (χ1) is 7.31. The van der Waals surface area contributed by atoms with Gasteiger partial charge in [-0.25, -0.2) is 0 Å². The van der Waals surface area contributed by atoms with Gasteiger partial charge in [0.25, 0.3) is 0 Å². The average Bonchev–Trinajstić information content (AvgIpc) is 2.81. The van der Waals surface area contributed by atoms with Gasteiger partial charge in [0, 0.05) is 24.4 Å². The average molecular weight is 203 g/mol. The number of hydrogen-bond donors (Lipinski definition) is 0. The van der Waals surface area contributed by atoms with Crippen LogP contribution in [0.1, 0.15) is 18.4 Å². The first-order valence-corrected chi connectivity index (χ1v) is 5.39. The first kappa shape index (κ1) is 10.1. The van der Waals surface area contributed by atoms with Crippen molar-refractivity contribution in [1.82, 2.24) is 4.90 Å². The highest BCUT2D eigenvalue weighted by molar-refractivity contribution is 5.63. The SMILES string of the molecule is C=C(c1cccc(OC)c1)N1CCCC1. The van der Waals surface area contributed by atoms with E-state index in [4.69, 9.17) is 4.74 Å². The molecule has 1 aromatic carbocycles. The van der Waals surface area contributed by atoms with Crippen molar-refractivity contribution in [3.8, 4) is 5.75 Å². The standard InChI is InChI=1S/C13H17NO/c1-11(14-8-3-4-9-14)12-6-5-7-13(10-12)15-2/h5-7,10H,1,3-4,8-9H2,2H3. The third-order valence-electron chi connectivity index (χ3n) is 2.89. The van der Waals surface area contributed by atoms with Crippen molar-refractivity contribution in [3.63, 3.8) is 0 Å². The van der Waals surface area contributed by atoms with Crippen LogP contribution >= 0.6 is 0 Å². The number of rotatable bonds is 3. The predicted molar refractivity (Wildman–Crippen MR) is 62.8 cm³/mol.